The van der Waals surface area contributed by atoms with Gasteiger partial charge in [-0.05, 0) is 33.8 Å². The Kier molecular flexibility index (Phi) is 4.21. The first-order valence-electron chi connectivity index (χ1n) is 8.93. The van der Waals surface area contributed by atoms with Crippen LogP contribution in [-0.2, 0) is 9.53 Å². The van der Waals surface area contributed by atoms with Gasteiger partial charge in [-0.3, -0.25) is 9.78 Å². The Morgan fingerprint density at radius 2 is 2.00 bits per heavy atom. The highest BCUT2D eigenvalue weighted by Crippen LogP contribution is 2.27. The minimum absolute atomic E-state index is 0.336. The molecule has 4 rings (SSSR count). The third-order valence-corrected chi connectivity index (χ3v) is 4.20. The molecule has 0 radical (unpaired) electrons. The molecule has 4 aromatic heterocycles. The number of esters is 1. The molecule has 0 spiro atoms. The molecule has 0 aromatic carbocycles. The van der Waals surface area contributed by atoms with Crippen LogP contribution in [0.4, 0.5) is 0 Å². The van der Waals surface area contributed by atoms with Crippen molar-refractivity contribution in [3.05, 3.63) is 43.2 Å². The number of H-pyrrole nitrogens is 1. The summed E-state index contributed by atoms with van der Waals surface area (Å²) in [5.41, 5.74) is 3.38. The number of aromatic nitrogens is 7. The van der Waals surface area contributed by atoms with E-state index >= 15 is 0 Å². The fraction of sp³-hybridized carbons (Fsp3) is 0.316. The summed E-state index contributed by atoms with van der Waals surface area (Å²) < 4.78 is 8.80. The number of nitrogens with one attached hydrogen (secondary N) is 1. The monoisotopic (exact) mass is 379 g/mol. The average molecular weight is 379 g/mol. The summed E-state index contributed by atoms with van der Waals surface area (Å²) in [5.74, 6) is -0.336. The van der Waals surface area contributed by atoms with Crippen LogP contribution in [0.1, 0.15) is 33.7 Å². The summed E-state index contributed by atoms with van der Waals surface area (Å²) in [4.78, 5) is 17.1. The highest BCUT2D eigenvalue weighted by atomic mass is 16.6. The maximum atomic E-state index is 12.4. The summed E-state index contributed by atoms with van der Waals surface area (Å²) in [6.07, 6.45) is 10.5. The van der Waals surface area contributed by atoms with Gasteiger partial charge in [-0.25, -0.2) is 14.3 Å². The average Bonchev–Trinajstić information content (AvgIpc) is 3.39. The van der Waals surface area contributed by atoms with Crippen molar-refractivity contribution in [2.75, 3.05) is 0 Å². The number of fused-ring (bicyclic) bond motifs is 1. The number of ether oxygens (including phenoxy) is 1. The normalized spacial score (nSPS) is 13.0. The summed E-state index contributed by atoms with van der Waals surface area (Å²) in [7, 11) is 0. The molecule has 4 heterocycles. The number of nitrogens with zero attached hydrogens (tertiary/aromatic N) is 6. The maximum Gasteiger partial charge on any atom is 0.331 e. The van der Waals surface area contributed by atoms with Gasteiger partial charge < -0.3 is 4.74 Å². The first-order chi connectivity index (χ1) is 13.3. The Hall–Kier alpha value is -3.49. The topological polar surface area (TPSA) is 103 Å². The zero-order valence-corrected chi connectivity index (χ0v) is 16.1. The summed E-state index contributed by atoms with van der Waals surface area (Å²) in [5, 5.41) is 15.5. The van der Waals surface area contributed by atoms with E-state index in [0.29, 0.717) is 0 Å². The number of rotatable bonds is 4. The highest BCUT2D eigenvalue weighted by molar-refractivity contribution is 5.79. The van der Waals surface area contributed by atoms with Crippen molar-refractivity contribution in [2.24, 2.45) is 0 Å². The summed E-state index contributed by atoms with van der Waals surface area (Å²) in [6, 6.07) is 1.34. The molecule has 1 atom stereocenters. The van der Waals surface area contributed by atoms with Crippen LogP contribution in [0, 0.1) is 0 Å². The van der Waals surface area contributed by atoms with E-state index < -0.39 is 11.6 Å². The molecule has 0 aliphatic heterocycles. The molecule has 0 amide bonds. The van der Waals surface area contributed by atoms with Crippen molar-refractivity contribution in [2.45, 2.75) is 39.3 Å². The fourth-order valence-corrected chi connectivity index (χ4v) is 2.84. The van der Waals surface area contributed by atoms with Crippen LogP contribution in [0.15, 0.2) is 43.2 Å². The minimum Gasteiger partial charge on any atom is -0.458 e. The third-order valence-electron chi connectivity index (χ3n) is 4.20. The van der Waals surface area contributed by atoms with Gasteiger partial charge in [0, 0.05) is 23.5 Å². The van der Waals surface area contributed by atoms with E-state index in [2.05, 4.69) is 20.4 Å². The number of carbonyl (C=O) groups excluding carboxylic acids is 1. The zero-order chi connectivity index (χ0) is 19.9. The molecular weight excluding hydrogens is 358 g/mol. The van der Waals surface area contributed by atoms with E-state index in [-0.39, 0.29) is 5.97 Å². The molecule has 0 saturated heterocycles. The molecule has 1 unspecified atom stereocenters. The molecule has 9 nitrogen and oxygen atoms in total. The molecule has 0 aliphatic rings. The maximum absolute atomic E-state index is 12.4. The van der Waals surface area contributed by atoms with E-state index in [4.69, 9.17) is 9.72 Å². The quantitative estimate of drug-likeness (QED) is 0.547. The molecule has 0 fully saturated rings. The predicted molar refractivity (Wildman–Crippen MR) is 102 cm³/mol. The fourth-order valence-electron chi connectivity index (χ4n) is 2.84. The van der Waals surface area contributed by atoms with Gasteiger partial charge in [0.2, 0.25) is 0 Å². The molecule has 0 bridgehead atoms. The smallest absolute Gasteiger partial charge is 0.331 e. The van der Waals surface area contributed by atoms with Crippen LogP contribution in [0.25, 0.3) is 28.0 Å². The molecular formula is C19H21N7O2. The second-order valence-corrected chi connectivity index (χ2v) is 7.54. The van der Waals surface area contributed by atoms with Gasteiger partial charge in [-0.15, -0.1) is 0 Å². The van der Waals surface area contributed by atoms with Crippen molar-refractivity contribution in [1.82, 2.24) is 34.6 Å². The lowest BCUT2D eigenvalue weighted by Crippen LogP contribution is -2.29. The van der Waals surface area contributed by atoms with Crippen molar-refractivity contribution in [3.63, 3.8) is 0 Å². The van der Waals surface area contributed by atoms with Crippen LogP contribution in [0.2, 0.25) is 0 Å². The summed E-state index contributed by atoms with van der Waals surface area (Å²) >= 11 is 0. The van der Waals surface area contributed by atoms with Gasteiger partial charge >= 0.3 is 5.97 Å². The van der Waals surface area contributed by atoms with Crippen molar-refractivity contribution in [3.8, 4) is 22.5 Å². The Balaban J connectivity index is 1.71. The van der Waals surface area contributed by atoms with Gasteiger partial charge in [-0.1, -0.05) is 0 Å². The lowest BCUT2D eigenvalue weighted by atomic mass is 10.2. The number of carbonyl (C=O) groups is 1. The van der Waals surface area contributed by atoms with E-state index in [1.165, 1.54) is 0 Å². The lowest BCUT2D eigenvalue weighted by Gasteiger charge is -2.22. The van der Waals surface area contributed by atoms with E-state index in [1.54, 1.807) is 47.1 Å². The minimum atomic E-state index is -0.550. The van der Waals surface area contributed by atoms with E-state index in [0.717, 1.165) is 28.0 Å². The molecule has 0 aliphatic carbocycles. The third kappa shape index (κ3) is 3.38. The molecule has 1 N–H and O–H groups in total. The van der Waals surface area contributed by atoms with Crippen LogP contribution >= 0.6 is 0 Å². The second kappa shape index (κ2) is 6.59. The Bertz CT molecular complexity index is 1120. The van der Waals surface area contributed by atoms with Crippen molar-refractivity contribution >= 4 is 11.5 Å². The summed E-state index contributed by atoms with van der Waals surface area (Å²) in [6.45, 7) is 7.28. The van der Waals surface area contributed by atoms with Gasteiger partial charge in [-0.2, -0.15) is 15.3 Å². The molecule has 28 heavy (non-hydrogen) atoms. The van der Waals surface area contributed by atoms with Crippen LogP contribution in [0.5, 0.6) is 0 Å². The van der Waals surface area contributed by atoms with Gasteiger partial charge in [0.15, 0.2) is 0 Å². The first kappa shape index (κ1) is 17.9. The van der Waals surface area contributed by atoms with Gasteiger partial charge in [0.05, 0.1) is 41.7 Å². The predicted octanol–water partition coefficient (Wildman–Crippen LogP) is 2.89. The zero-order valence-electron chi connectivity index (χ0n) is 16.1. The largest absolute Gasteiger partial charge is 0.458 e. The number of hydrogen-bond acceptors (Lipinski definition) is 6. The van der Waals surface area contributed by atoms with Crippen molar-refractivity contribution < 1.29 is 9.53 Å². The van der Waals surface area contributed by atoms with E-state index in [1.807, 2.05) is 33.0 Å². The molecule has 4 aromatic rings. The van der Waals surface area contributed by atoms with Crippen LogP contribution in [0.3, 0.4) is 0 Å². The second-order valence-electron chi connectivity index (χ2n) is 7.54. The standard InChI is InChI=1S/C19H21N7O2/c1-12(18(27)28-19(2,3)4)25-10-14(9-23-25)17-16-5-6-22-26(16)11-15(24-17)13-7-20-21-8-13/h5-12H,1-4H3,(H,20,21). The van der Waals surface area contributed by atoms with Crippen molar-refractivity contribution in [1.29, 1.82) is 0 Å². The molecule has 0 saturated carbocycles. The molecule has 9 heteroatoms. The number of hydrogen-bond donors (Lipinski definition) is 1. The Labute approximate surface area is 161 Å². The Morgan fingerprint density at radius 3 is 2.71 bits per heavy atom. The van der Waals surface area contributed by atoms with Crippen LogP contribution < -0.4 is 0 Å². The molecule has 144 valence electrons. The Morgan fingerprint density at radius 1 is 1.18 bits per heavy atom. The highest BCUT2D eigenvalue weighted by Gasteiger charge is 2.24. The SMILES string of the molecule is CC(C(=O)OC(C)(C)C)n1cc(-c2nc(-c3cn[nH]c3)cn3nccc23)cn1. The lowest BCUT2D eigenvalue weighted by molar-refractivity contribution is -0.158. The van der Waals surface area contributed by atoms with E-state index in [9.17, 15) is 4.79 Å². The van der Waals surface area contributed by atoms with Gasteiger partial charge in [0.25, 0.3) is 0 Å². The van der Waals surface area contributed by atoms with Gasteiger partial charge in [0.1, 0.15) is 11.6 Å². The first-order valence-corrected chi connectivity index (χ1v) is 8.93. The number of aromatic amines is 1. The van der Waals surface area contributed by atoms with Crippen LogP contribution in [-0.4, -0.2) is 46.1 Å².